The smallest absolute Gasteiger partial charge is 0.262 e. The van der Waals surface area contributed by atoms with Crippen LogP contribution in [0, 0.1) is 17.1 Å². The Morgan fingerprint density at radius 2 is 1.92 bits per heavy atom. The molecule has 2 aromatic carbocycles. The Kier molecular flexibility index (Phi) is 4.50. The summed E-state index contributed by atoms with van der Waals surface area (Å²) in [4.78, 5) is 3.82. The summed E-state index contributed by atoms with van der Waals surface area (Å²) < 4.78 is 46.6. The highest BCUT2D eigenvalue weighted by Gasteiger charge is 2.19. The van der Waals surface area contributed by atoms with Crippen LogP contribution in [0.15, 0.2) is 59.6 Å². The molecule has 0 spiro atoms. The zero-order valence-electron chi connectivity index (χ0n) is 12.8. The van der Waals surface area contributed by atoms with Gasteiger partial charge in [0.1, 0.15) is 23.2 Å². The molecule has 0 saturated heterocycles. The van der Waals surface area contributed by atoms with Crippen LogP contribution in [0.25, 0.3) is 10.9 Å². The van der Waals surface area contributed by atoms with Gasteiger partial charge in [-0.05, 0) is 48.5 Å². The summed E-state index contributed by atoms with van der Waals surface area (Å²) >= 11 is 0. The Hall–Kier alpha value is -3.18. The number of fused-ring (bicyclic) bond motifs is 1. The first-order valence-corrected chi connectivity index (χ1v) is 8.65. The van der Waals surface area contributed by atoms with Crippen LogP contribution in [0.1, 0.15) is 0 Å². The van der Waals surface area contributed by atoms with Crippen LogP contribution < -0.4 is 9.46 Å². The number of aromatic nitrogens is 1. The number of anilines is 1. The second-order valence-corrected chi connectivity index (χ2v) is 6.67. The number of pyridine rings is 1. The van der Waals surface area contributed by atoms with Crippen LogP contribution in [0.3, 0.4) is 0 Å². The predicted octanol–water partition coefficient (Wildman–Crippen LogP) is 3.08. The Bertz CT molecular complexity index is 1060. The van der Waals surface area contributed by atoms with E-state index in [4.69, 9.17) is 10.00 Å². The van der Waals surface area contributed by atoms with E-state index in [0.29, 0.717) is 11.4 Å². The van der Waals surface area contributed by atoms with Crippen molar-refractivity contribution < 1.29 is 17.5 Å². The zero-order valence-corrected chi connectivity index (χ0v) is 13.6. The standard InChI is InChI=1S/C17H12FN3O3S/c18-15-7-8-16(14-2-1-10-20-17(14)15)25(22,23)21-12-3-5-13(6-4-12)24-11-9-19/h1-8,10,21H,11H2. The van der Waals surface area contributed by atoms with Crippen LogP contribution in [0.4, 0.5) is 10.1 Å². The number of nitriles is 1. The van der Waals surface area contributed by atoms with Crippen LogP contribution in [-0.4, -0.2) is 20.0 Å². The summed E-state index contributed by atoms with van der Waals surface area (Å²) in [6.45, 7) is -0.0976. The maximum atomic E-state index is 13.8. The van der Waals surface area contributed by atoms with E-state index in [1.807, 2.05) is 6.07 Å². The molecule has 3 aromatic rings. The summed E-state index contributed by atoms with van der Waals surface area (Å²) in [5, 5.41) is 8.67. The molecule has 1 aromatic heterocycles. The number of hydrogen-bond donors (Lipinski definition) is 1. The molecule has 0 unspecified atom stereocenters. The molecule has 1 heterocycles. The first-order chi connectivity index (χ1) is 12.0. The van der Waals surface area contributed by atoms with Crippen LogP contribution >= 0.6 is 0 Å². The fourth-order valence-corrected chi connectivity index (χ4v) is 3.55. The largest absolute Gasteiger partial charge is 0.479 e. The molecule has 126 valence electrons. The van der Waals surface area contributed by atoms with E-state index in [1.165, 1.54) is 30.5 Å². The Balaban J connectivity index is 1.93. The number of hydrogen-bond acceptors (Lipinski definition) is 5. The average Bonchev–Trinajstić information content (AvgIpc) is 2.61. The number of nitrogens with zero attached hydrogens (tertiary/aromatic N) is 2. The second kappa shape index (κ2) is 6.75. The van der Waals surface area contributed by atoms with E-state index in [9.17, 15) is 12.8 Å². The Morgan fingerprint density at radius 3 is 2.64 bits per heavy atom. The highest BCUT2D eigenvalue weighted by molar-refractivity contribution is 7.93. The summed E-state index contributed by atoms with van der Waals surface area (Å²) in [6, 6.07) is 13.3. The summed E-state index contributed by atoms with van der Waals surface area (Å²) in [6.07, 6.45) is 1.40. The lowest BCUT2D eigenvalue weighted by Gasteiger charge is -2.11. The third-order valence-electron chi connectivity index (χ3n) is 3.38. The molecule has 0 atom stereocenters. The molecule has 6 nitrogen and oxygen atoms in total. The fraction of sp³-hybridized carbons (Fsp3) is 0.0588. The van der Waals surface area contributed by atoms with Crippen molar-refractivity contribution >= 4 is 26.6 Å². The molecule has 0 aliphatic carbocycles. The summed E-state index contributed by atoms with van der Waals surface area (Å²) in [5.74, 6) is -0.144. The number of nitrogens with one attached hydrogen (secondary N) is 1. The van der Waals surface area contributed by atoms with Gasteiger partial charge in [0, 0.05) is 17.3 Å². The van der Waals surface area contributed by atoms with Gasteiger partial charge in [0.2, 0.25) is 0 Å². The molecular weight excluding hydrogens is 345 g/mol. The molecule has 25 heavy (non-hydrogen) atoms. The summed E-state index contributed by atoms with van der Waals surface area (Å²) in [5.41, 5.74) is 0.302. The Labute approximate surface area is 143 Å². The highest BCUT2D eigenvalue weighted by Crippen LogP contribution is 2.26. The van der Waals surface area contributed by atoms with Gasteiger partial charge in [-0.1, -0.05) is 0 Å². The van der Waals surface area contributed by atoms with Crippen molar-refractivity contribution in [2.45, 2.75) is 4.90 Å². The summed E-state index contributed by atoms with van der Waals surface area (Å²) in [7, 11) is -3.94. The third kappa shape index (κ3) is 3.51. The van der Waals surface area contributed by atoms with Gasteiger partial charge in [-0.3, -0.25) is 9.71 Å². The van der Waals surface area contributed by atoms with E-state index in [0.717, 1.165) is 6.07 Å². The number of ether oxygens (including phenoxy) is 1. The molecule has 1 N–H and O–H groups in total. The molecular formula is C17H12FN3O3S. The lowest BCUT2D eigenvalue weighted by molar-refractivity contribution is 0.368. The van der Waals surface area contributed by atoms with Crippen molar-refractivity contribution in [1.82, 2.24) is 4.98 Å². The lowest BCUT2D eigenvalue weighted by atomic mass is 10.2. The number of benzene rings is 2. The molecule has 0 amide bonds. The van der Waals surface area contributed by atoms with Gasteiger partial charge in [0.25, 0.3) is 10.0 Å². The van der Waals surface area contributed by atoms with Gasteiger partial charge in [-0.25, -0.2) is 12.8 Å². The molecule has 0 aliphatic heterocycles. The van der Waals surface area contributed by atoms with Crippen LogP contribution in [0.2, 0.25) is 0 Å². The van der Waals surface area contributed by atoms with E-state index < -0.39 is 15.8 Å². The minimum absolute atomic E-state index is 0.00868. The van der Waals surface area contributed by atoms with Crippen LogP contribution in [-0.2, 0) is 10.0 Å². The Morgan fingerprint density at radius 1 is 1.16 bits per heavy atom. The van der Waals surface area contributed by atoms with Crippen molar-refractivity contribution in [2.24, 2.45) is 0 Å². The van der Waals surface area contributed by atoms with E-state index >= 15 is 0 Å². The van der Waals surface area contributed by atoms with Crippen molar-refractivity contribution in [3.63, 3.8) is 0 Å². The monoisotopic (exact) mass is 357 g/mol. The van der Waals surface area contributed by atoms with Crippen LogP contribution in [0.5, 0.6) is 5.75 Å². The van der Waals surface area contributed by atoms with Gasteiger partial charge >= 0.3 is 0 Å². The number of sulfonamides is 1. The molecule has 8 heteroatoms. The van der Waals surface area contributed by atoms with Crippen molar-refractivity contribution in [2.75, 3.05) is 11.3 Å². The minimum Gasteiger partial charge on any atom is -0.479 e. The topological polar surface area (TPSA) is 92.1 Å². The van der Waals surface area contributed by atoms with Gasteiger partial charge in [0.05, 0.1) is 4.90 Å². The molecule has 0 fully saturated rings. The maximum absolute atomic E-state index is 13.8. The first-order valence-electron chi connectivity index (χ1n) is 7.17. The van der Waals surface area contributed by atoms with Gasteiger partial charge in [-0.15, -0.1) is 0 Å². The highest BCUT2D eigenvalue weighted by atomic mass is 32.2. The normalized spacial score (nSPS) is 11.0. The fourth-order valence-electron chi connectivity index (χ4n) is 2.29. The zero-order chi connectivity index (χ0) is 17.9. The molecule has 0 radical (unpaired) electrons. The third-order valence-corrected chi connectivity index (χ3v) is 4.82. The minimum atomic E-state index is -3.94. The molecule has 0 aliphatic rings. The lowest BCUT2D eigenvalue weighted by Crippen LogP contribution is -2.13. The van der Waals surface area contributed by atoms with E-state index in [-0.39, 0.29) is 22.4 Å². The molecule has 0 saturated carbocycles. The number of halogens is 1. The van der Waals surface area contributed by atoms with Crippen molar-refractivity contribution in [1.29, 1.82) is 5.26 Å². The van der Waals surface area contributed by atoms with Crippen molar-refractivity contribution in [3.8, 4) is 11.8 Å². The first kappa shape index (κ1) is 16.7. The van der Waals surface area contributed by atoms with Gasteiger partial charge in [0.15, 0.2) is 6.61 Å². The average molecular weight is 357 g/mol. The van der Waals surface area contributed by atoms with E-state index in [1.54, 1.807) is 18.2 Å². The quantitative estimate of drug-likeness (QED) is 0.757. The molecule has 0 bridgehead atoms. The second-order valence-electron chi connectivity index (χ2n) is 5.02. The van der Waals surface area contributed by atoms with E-state index in [2.05, 4.69) is 9.71 Å². The van der Waals surface area contributed by atoms with Gasteiger partial charge in [-0.2, -0.15) is 5.26 Å². The number of rotatable bonds is 5. The maximum Gasteiger partial charge on any atom is 0.262 e. The SMILES string of the molecule is N#CCOc1ccc(NS(=O)(=O)c2ccc(F)c3ncccc23)cc1. The van der Waals surface area contributed by atoms with Gasteiger partial charge < -0.3 is 4.74 Å². The molecule has 3 rings (SSSR count). The predicted molar refractivity (Wildman–Crippen MR) is 90.1 cm³/mol. The van der Waals surface area contributed by atoms with Crippen molar-refractivity contribution in [3.05, 3.63) is 60.5 Å².